The number of aromatic nitrogens is 2. The number of aryl methyl sites for hydroxylation is 1. The van der Waals surface area contributed by atoms with E-state index in [-0.39, 0.29) is 17.9 Å². The molecule has 1 aliphatic rings. The first-order valence-electron chi connectivity index (χ1n) is 8.59. The fraction of sp³-hybridized carbons (Fsp3) is 0.500. The molecule has 1 N–H and O–H groups in total. The van der Waals surface area contributed by atoms with Crippen LogP contribution >= 0.6 is 0 Å². The predicted octanol–water partition coefficient (Wildman–Crippen LogP) is 3.04. The van der Waals surface area contributed by atoms with Crippen LogP contribution in [0.1, 0.15) is 44.4 Å². The van der Waals surface area contributed by atoms with Gasteiger partial charge in [0.2, 0.25) is 11.8 Å². The Bertz CT molecular complexity index is 671. The SMILES string of the molecule is CCc1noc([C@H](C)N2CCC[C@@H](C(=O)Nc3ccccc3)C2)n1. The van der Waals surface area contributed by atoms with E-state index < -0.39 is 0 Å². The predicted molar refractivity (Wildman–Crippen MR) is 91.5 cm³/mol. The average molecular weight is 328 g/mol. The molecule has 1 fully saturated rings. The number of nitrogens with zero attached hydrogens (tertiary/aromatic N) is 3. The van der Waals surface area contributed by atoms with E-state index in [9.17, 15) is 4.79 Å². The van der Waals surface area contributed by atoms with Crippen molar-refractivity contribution >= 4 is 11.6 Å². The Morgan fingerprint density at radius 1 is 1.42 bits per heavy atom. The summed E-state index contributed by atoms with van der Waals surface area (Å²) in [5.41, 5.74) is 0.845. The minimum Gasteiger partial charge on any atom is -0.338 e. The number of carbonyl (C=O) groups excluding carboxylic acids is 1. The van der Waals surface area contributed by atoms with Crippen LogP contribution in [0.4, 0.5) is 5.69 Å². The summed E-state index contributed by atoms with van der Waals surface area (Å²) in [7, 11) is 0. The Kier molecular flexibility index (Phi) is 5.25. The summed E-state index contributed by atoms with van der Waals surface area (Å²) in [6.45, 7) is 5.72. The minimum absolute atomic E-state index is 0.0185. The highest BCUT2D eigenvalue weighted by Gasteiger charge is 2.30. The van der Waals surface area contributed by atoms with Gasteiger partial charge in [-0.2, -0.15) is 4.98 Å². The third-order valence-electron chi connectivity index (χ3n) is 4.57. The lowest BCUT2D eigenvalue weighted by molar-refractivity contribution is -0.121. The maximum absolute atomic E-state index is 12.5. The van der Waals surface area contributed by atoms with Crippen LogP contribution in [0, 0.1) is 5.92 Å². The summed E-state index contributed by atoms with van der Waals surface area (Å²) in [6, 6.07) is 9.63. The number of para-hydroxylation sites is 1. The van der Waals surface area contributed by atoms with Gasteiger partial charge >= 0.3 is 0 Å². The lowest BCUT2D eigenvalue weighted by Gasteiger charge is -2.34. The first-order valence-corrected chi connectivity index (χ1v) is 8.59. The molecular weight excluding hydrogens is 304 g/mol. The number of piperidine rings is 1. The monoisotopic (exact) mass is 328 g/mol. The van der Waals surface area contributed by atoms with Gasteiger partial charge in [0.15, 0.2) is 5.82 Å². The van der Waals surface area contributed by atoms with E-state index in [4.69, 9.17) is 4.52 Å². The summed E-state index contributed by atoms with van der Waals surface area (Å²) < 4.78 is 5.36. The van der Waals surface area contributed by atoms with Gasteiger partial charge in [-0.3, -0.25) is 9.69 Å². The number of amides is 1. The van der Waals surface area contributed by atoms with Crippen LogP contribution in [0.25, 0.3) is 0 Å². The van der Waals surface area contributed by atoms with Crippen LogP contribution in [-0.2, 0) is 11.2 Å². The highest BCUT2D eigenvalue weighted by molar-refractivity contribution is 5.92. The summed E-state index contributed by atoms with van der Waals surface area (Å²) >= 11 is 0. The van der Waals surface area contributed by atoms with Crippen molar-refractivity contribution in [2.24, 2.45) is 5.92 Å². The zero-order valence-corrected chi connectivity index (χ0v) is 14.2. The number of hydrogen-bond acceptors (Lipinski definition) is 5. The number of nitrogens with one attached hydrogen (secondary N) is 1. The molecule has 1 amide bonds. The van der Waals surface area contributed by atoms with Gasteiger partial charge in [-0.1, -0.05) is 30.3 Å². The van der Waals surface area contributed by atoms with Crippen LogP contribution in [0.15, 0.2) is 34.9 Å². The van der Waals surface area contributed by atoms with Crippen LogP contribution in [0.5, 0.6) is 0 Å². The van der Waals surface area contributed by atoms with Gasteiger partial charge in [-0.25, -0.2) is 0 Å². The summed E-state index contributed by atoms with van der Waals surface area (Å²) in [5, 5.41) is 6.98. The maximum atomic E-state index is 12.5. The van der Waals surface area contributed by atoms with E-state index in [1.54, 1.807) is 0 Å². The molecule has 0 spiro atoms. The molecule has 24 heavy (non-hydrogen) atoms. The van der Waals surface area contributed by atoms with Gasteiger partial charge < -0.3 is 9.84 Å². The van der Waals surface area contributed by atoms with Crippen LogP contribution in [0.2, 0.25) is 0 Å². The molecule has 0 radical (unpaired) electrons. The number of rotatable bonds is 5. The Hall–Kier alpha value is -2.21. The number of benzene rings is 1. The molecule has 0 bridgehead atoms. The van der Waals surface area contributed by atoms with E-state index >= 15 is 0 Å². The van der Waals surface area contributed by atoms with E-state index in [1.807, 2.05) is 37.3 Å². The molecule has 2 heterocycles. The standard InChI is InChI=1S/C18H24N4O2/c1-3-16-20-18(24-21-16)13(2)22-11-7-8-14(12-22)17(23)19-15-9-5-4-6-10-15/h4-6,9-10,13-14H,3,7-8,11-12H2,1-2H3,(H,19,23)/t13-,14+/m0/s1. The second-order valence-electron chi connectivity index (χ2n) is 6.27. The molecular formula is C18H24N4O2. The molecule has 6 heteroatoms. The lowest BCUT2D eigenvalue weighted by atomic mass is 9.96. The van der Waals surface area contributed by atoms with Gasteiger partial charge in [0, 0.05) is 18.7 Å². The van der Waals surface area contributed by atoms with Crippen molar-refractivity contribution in [3.05, 3.63) is 42.0 Å². The normalized spacial score (nSPS) is 19.8. The van der Waals surface area contributed by atoms with Crippen LogP contribution in [-0.4, -0.2) is 34.0 Å². The van der Waals surface area contributed by atoms with E-state index in [2.05, 4.69) is 27.3 Å². The van der Waals surface area contributed by atoms with Crippen molar-refractivity contribution in [3.8, 4) is 0 Å². The van der Waals surface area contributed by atoms with Gasteiger partial charge in [0.25, 0.3) is 0 Å². The average Bonchev–Trinajstić information content (AvgIpc) is 3.11. The first-order chi connectivity index (χ1) is 11.7. The quantitative estimate of drug-likeness (QED) is 0.913. The summed E-state index contributed by atoms with van der Waals surface area (Å²) in [5.74, 6) is 1.43. The van der Waals surface area contributed by atoms with E-state index in [1.165, 1.54) is 0 Å². The second kappa shape index (κ2) is 7.57. The first kappa shape index (κ1) is 16.6. The molecule has 1 aromatic carbocycles. The van der Waals surface area contributed by atoms with Crippen molar-refractivity contribution in [2.45, 2.75) is 39.2 Å². The molecule has 1 aliphatic heterocycles. The van der Waals surface area contributed by atoms with Crippen LogP contribution < -0.4 is 5.32 Å². The second-order valence-corrected chi connectivity index (χ2v) is 6.27. The van der Waals surface area contributed by atoms with Gasteiger partial charge in [-0.05, 0) is 38.4 Å². The number of anilines is 1. The fourth-order valence-corrected chi connectivity index (χ4v) is 3.07. The third-order valence-corrected chi connectivity index (χ3v) is 4.57. The van der Waals surface area contributed by atoms with Crippen LogP contribution in [0.3, 0.4) is 0 Å². The zero-order valence-electron chi connectivity index (χ0n) is 14.2. The van der Waals surface area contributed by atoms with Gasteiger partial charge in [0.05, 0.1) is 12.0 Å². The molecule has 1 aromatic heterocycles. The molecule has 3 rings (SSSR count). The Labute approximate surface area is 142 Å². The van der Waals surface area contributed by atoms with Gasteiger partial charge in [0.1, 0.15) is 0 Å². The summed E-state index contributed by atoms with van der Waals surface area (Å²) in [4.78, 5) is 19.2. The molecule has 0 saturated carbocycles. The number of likely N-dealkylation sites (tertiary alicyclic amines) is 1. The maximum Gasteiger partial charge on any atom is 0.243 e. The molecule has 1 saturated heterocycles. The smallest absolute Gasteiger partial charge is 0.243 e. The Balaban J connectivity index is 1.62. The third kappa shape index (κ3) is 3.82. The molecule has 0 unspecified atom stereocenters. The van der Waals surface area contributed by atoms with E-state index in [0.29, 0.717) is 12.4 Å². The van der Waals surface area contributed by atoms with Crippen molar-refractivity contribution in [3.63, 3.8) is 0 Å². The molecule has 128 valence electrons. The minimum atomic E-state index is -0.0185. The highest BCUT2D eigenvalue weighted by Crippen LogP contribution is 2.26. The van der Waals surface area contributed by atoms with Crippen molar-refractivity contribution in [2.75, 3.05) is 18.4 Å². The Morgan fingerprint density at radius 2 is 2.21 bits per heavy atom. The fourth-order valence-electron chi connectivity index (χ4n) is 3.07. The Morgan fingerprint density at radius 3 is 2.92 bits per heavy atom. The van der Waals surface area contributed by atoms with Crippen molar-refractivity contribution in [1.82, 2.24) is 15.0 Å². The number of hydrogen-bond donors (Lipinski definition) is 1. The topological polar surface area (TPSA) is 71.3 Å². The molecule has 2 aromatic rings. The largest absolute Gasteiger partial charge is 0.338 e. The number of carbonyl (C=O) groups is 1. The summed E-state index contributed by atoms with van der Waals surface area (Å²) in [6.07, 6.45) is 2.66. The molecule has 0 aliphatic carbocycles. The lowest BCUT2D eigenvalue weighted by Crippen LogP contribution is -2.41. The zero-order chi connectivity index (χ0) is 16.9. The van der Waals surface area contributed by atoms with Crippen molar-refractivity contribution < 1.29 is 9.32 Å². The molecule has 6 nitrogen and oxygen atoms in total. The van der Waals surface area contributed by atoms with Crippen molar-refractivity contribution in [1.29, 1.82) is 0 Å². The van der Waals surface area contributed by atoms with Gasteiger partial charge in [-0.15, -0.1) is 0 Å². The molecule has 2 atom stereocenters. The van der Waals surface area contributed by atoms with E-state index in [0.717, 1.165) is 37.3 Å². The highest BCUT2D eigenvalue weighted by atomic mass is 16.5.